The van der Waals surface area contributed by atoms with E-state index in [1.807, 2.05) is 17.5 Å². The van der Waals surface area contributed by atoms with Crippen LogP contribution in [0.3, 0.4) is 0 Å². The molecule has 1 fully saturated rings. The molecule has 1 aliphatic rings. The Balaban J connectivity index is 1.93. The number of nitrogens with zero attached hydrogens (tertiary/aromatic N) is 1. The monoisotopic (exact) mass is 266 g/mol. The van der Waals surface area contributed by atoms with Crippen LogP contribution >= 0.6 is 11.3 Å². The molecule has 0 radical (unpaired) electrons. The first-order valence-electron chi connectivity index (χ1n) is 7.11. The van der Waals surface area contributed by atoms with Crippen LogP contribution in [-0.4, -0.2) is 11.0 Å². The van der Waals surface area contributed by atoms with Gasteiger partial charge in [0.1, 0.15) is 5.01 Å². The third-order valence-corrected chi connectivity index (χ3v) is 4.98. The quantitative estimate of drug-likeness (QED) is 0.889. The highest BCUT2D eigenvalue weighted by Crippen LogP contribution is 2.38. The number of aryl methyl sites for hydroxylation is 1. The molecule has 0 amide bonds. The molecular weight excluding hydrogens is 240 g/mol. The summed E-state index contributed by atoms with van der Waals surface area (Å²) < 4.78 is 0. The lowest BCUT2D eigenvalue weighted by molar-refractivity contribution is 0.130. The van der Waals surface area contributed by atoms with E-state index in [0.29, 0.717) is 11.5 Å². The van der Waals surface area contributed by atoms with Crippen LogP contribution in [0.4, 0.5) is 0 Å². The molecule has 0 spiro atoms. The first-order valence-corrected chi connectivity index (χ1v) is 7.93. The van der Waals surface area contributed by atoms with Gasteiger partial charge in [0.25, 0.3) is 0 Å². The van der Waals surface area contributed by atoms with E-state index in [1.54, 1.807) is 0 Å². The molecule has 0 aliphatic heterocycles. The Kier molecular flexibility index (Phi) is 4.44. The first-order chi connectivity index (χ1) is 8.47. The summed E-state index contributed by atoms with van der Waals surface area (Å²) in [6.45, 7) is 10.2. The van der Waals surface area contributed by atoms with Gasteiger partial charge in [-0.1, -0.05) is 33.6 Å². The summed E-state index contributed by atoms with van der Waals surface area (Å²) in [5.41, 5.74) is 0.414. The van der Waals surface area contributed by atoms with Gasteiger partial charge >= 0.3 is 0 Å². The molecule has 1 N–H and O–H groups in total. The molecule has 18 heavy (non-hydrogen) atoms. The van der Waals surface area contributed by atoms with Crippen molar-refractivity contribution in [3.63, 3.8) is 0 Å². The number of aromatic nitrogens is 1. The second-order valence-electron chi connectivity index (χ2n) is 6.61. The zero-order chi connectivity index (χ0) is 13.2. The van der Waals surface area contributed by atoms with E-state index in [4.69, 9.17) is 0 Å². The average Bonchev–Trinajstić information content (AvgIpc) is 2.72. The summed E-state index contributed by atoms with van der Waals surface area (Å²) in [6.07, 6.45) is 7.45. The van der Waals surface area contributed by atoms with E-state index in [-0.39, 0.29) is 0 Å². The van der Waals surface area contributed by atoms with Gasteiger partial charge in [-0.05, 0) is 31.1 Å². The van der Waals surface area contributed by atoms with Crippen LogP contribution in [0.25, 0.3) is 0 Å². The van der Waals surface area contributed by atoms with Gasteiger partial charge < -0.3 is 5.32 Å². The molecule has 0 bridgehead atoms. The Hall–Kier alpha value is -0.410. The van der Waals surface area contributed by atoms with Gasteiger partial charge in [0.2, 0.25) is 0 Å². The van der Waals surface area contributed by atoms with E-state index in [9.17, 15) is 0 Å². The van der Waals surface area contributed by atoms with Gasteiger partial charge in [0, 0.05) is 23.7 Å². The second-order valence-corrected chi connectivity index (χ2v) is 7.93. The van der Waals surface area contributed by atoms with Gasteiger partial charge in [-0.25, -0.2) is 4.98 Å². The van der Waals surface area contributed by atoms with E-state index in [0.717, 1.165) is 12.5 Å². The highest BCUT2D eigenvalue weighted by molar-refractivity contribution is 7.11. The lowest BCUT2D eigenvalue weighted by atomic mass is 9.69. The van der Waals surface area contributed by atoms with Crippen molar-refractivity contribution in [2.75, 3.05) is 0 Å². The lowest BCUT2D eigenvalue weighted by Gasteiger charge is -2.40. The fraction of sp³-hybridized carbons (Fsp3) is 0.800. The SMILES string of the molecule is Cc1cnc(CNC2CCCCC2C(C)(C)C)s1. The average molecular weight is 266 g/mol. The molecule has 0 aromatic carbocycles. The van der Waals surface area contributed by atoms with Crippen LogP contribution in [0.15, 0.2) is 6.20 Å². The number of hydrogen-bond acceptors (Lipinski definition) is 3. The Bertz CT molecular complexity index is 378. The molecule has 1 saturated carbocycles. The predicted octanol–water partition coefficient (Wildman–Crippen LogP) is 4.15. The van der Waals surface area contributed by atoms with Crippen LogP contribution in [-0.2, 0) is 6.54 Å². The summed E-state index contributed by atoms with van der Waals surface area (Å²) in [4.78, 5) is 5.75. The Morgan fingerprint density at radius 2 is 2.06 bits per heavy atom. The number of thiazole rings is 1. The van der Waals surface area contributed by atoms with E-state index in [1.165, 1.54) is 35.6 Å². The summed E-state index contributed by atoms with van der Waals surface area (Å²) in [5.74, 6) is 0.798. The Labute approximate surface area is 115 Å². The minimum atomic E-state index is 0.414. The van der Waals surface area contributed by atoms with Gasteiger partial charge in [0.15, 0.2) is 0 Å². The molecule has 1 heterocycles. The summed E-state index contributed by atoms with van der Waals surface area (Å²) in [5, 5.41) is 4.98. The van der Waals surface area contributed by atoms with Crippen LogP contribution in [0, 0.1) is 18.3 Å². The third-order valence-electron chi connectivity index (χ3n) is 4.06. The number of rotatable bonds is 3. The Morgan fingerprint density at radius 1 is 1.33 bits per heavy atom. The summed E-state index contributed by atoms with van der Waals surface area (Å²) in [6, 6.07) is 0.669. The first kappa shape index (κ1) is 14.0. The molecule has 2 nitrogen and oxygen atoms in total. The van der Waals surface area contributed by atoms with Gasteiger partial charge in [0.05, 0.1) is 0 Å². The maximum Gasteiger partial charge on any atom is 0.107 e. The van der Waals surface area contributed by atoms with Gasteiger partial charge in [-0.15, -0.1) is 11.3 Å². The fourth-order valence-electron chi connectivity index (χ4n) is 3.11. The summed E-state index contributed by atoms with van der Waals surface area (Å²) in [7, 11) is 0. The second kappa shape index (κ2) is 5.70. The third kappa shape index (κ3) is 3.55. The van der Waals surface area contributed by atoms with Crippen molar-refractivity contribution in [2.24, 2.45) is 11.3 Å². The molecule has 2 rings (SSSR count). The summed E-state index contributed by atoms with van der Waals surface area (Å²) >= 11 is 1.81. The minimum absolute atomic E-state index is 0.414. The van der Waals surface area contributed by atoms with Crippen LogP contribution in [0.5, 0.6) is 0 Å². The smallest absolute Gasteiger partial charge is 0.107 e. The van der Waals surface area contributed by atoms with Crippen LogP contribution in [0.2, 0.25) is 0 Å². The van der Waals surface area contributed by atoms with Crippen molar-refractivity contribution < 1.29 is 0 Å². The predicted molar refractivity (Wildman–Crippen MR) is 78.9 cm³/mol. The van der Waals surface area contributed by atoms with Crippen molar-refractivity contribution in [3.8, 4) is 0 Å². The molecule has 3 heteroatoms. The maximum atomic E-state index is 4.44. The fourth-order valence-corrected chi connectivity index (χ4v) is 3.85. The molecule has 102 valence electrons. The zero-order valence-corrected chi connectivity index (χ0v) is 12.9. The molecule has 0 saturated heterocycles. The zero-order valence-electron chi connectivity index (χ0n) is 12.1. The molecule has 1 aromatic heterocycles. The van der Waals surface area contributed by atoms with E-state index in [2.05, 4.69) is 38.0 Å². The largest absolute Gasteiger partial charge is 0.307 e. The lowest BCUT2D eigenvalue weighted by Crippen LogP contribution is -2.43. The Morgan fingerprint density at radius 3 is 2.67 bits per heavy atom. The standard InChI is InChI=1S/C15H26N2S/c1-11-9-17-14(18-11)10-16-13-8-6-5-7-12(13)15(2,3)4/h9,12-13,16H,5-8,10H2,1-4H3. The molecule has 2 atom stereocenters. The minimum Gasteiger partial charge on any atom is -0.307 e. The van der Waals surface area contributed by atoms with Crippen LogP contribution < -0.4 is 5.32 Å². The van der Waals surface area contributed by atoms with Gasteiger partial charge in [-0.2, -0.15) is 0 Å². The highest BCUT2D eigenvalue weighted by Gasteiger charge is 2.33. The van der Waals surface area contributed by atoms with Gasteiger partial charge in [-0.3, -0.25) is 0 Å². The maximum absolute atomic E-state index is 4.44. The van der Waals surface area contributed by atoms with Crippen LogP contribution in [0.1, 0.15) is 56.3 Å². The highest BCUT2D eigenvalue weighted by atomic mass is 32.1. The molecule has 1 aliphatic carbocycles. The van der Waals surface area contributed by atoms with Crippen molar-refractivity contribution in [1.82, 2.24) is 10.3 Å². The van der Waals surface area contributed by atoms with Crippen molar-refractivity contribution >= 4 is 11.3 Å². The number of nitrogens with one attached hydrogen (secondary N) is 1. The van der Waals surface area contributed by atoms with Crippen molar-refractivity contribution in [1.29, 1.82) is 0 Å². The van der Waals surface area contributed by atoms with Crippen molar-refractivity contribution in [3.05, 3.63) is 16.1 Å². The number of hydrogen-bond donors (Lipinski definition) is 1. The van der Waals surface area contributed by atoms with E-state index >= 15 is 0 Å². The molecule has 2 unspecified atom stereocenters. The van der Waals surface area contributed by atoms with Crippen molar-refractivity contribution in [2.45, 2.75) is 66.0 Å². The van der Waals surface area contributed by atoms with E-state index < -0.39 is 0 Å². The molecular formula is C15H26N2S. The topological polar surface area (TPSA) is 24.9 Å². The normalized spacial score (nSPS) is 25.3. The molecule has 1 aromatic rings.